The lowest BCUT2D eigenvalue weighted by molar-refractivity contribution is -0.120. The molecule has 10 heteroatoms. The second-order valence-electron chi connectivity index (χ2n) is 2.99. The minimum atomic E-state index is 0.0643. The smallest absolute Gasteiger partial charge is 0.230 e. The van der Waals surface area contributed by atoms with Gasteiger partial charge in [-0.3, -0.25) is 19.0 Å². The van der Waals surface area contributed by atoms with Crippen LogP contribution in [0.25, 0.3) is 0 Å². The van der Waals surface area contributed by atoms with Crippen LogP contribution in [0, 0.1) is 0 Å². The van der Waals surface area contributed by atoms with Gasteiger partial charge in [-0.25, -0.2) is 0 Å². The Labute approximate surface area is 131 Å². The summed E-state index contributed by atoms with van der Waals surface area (Å²) in [6, 6.07) is 0. The first kappa shape index (κ1) is 19.0. The highest BCUT2D eigenvalue weighted by Gasteiger charge is 2.01. The van der Waals surface area contributed by atoms with Gasteiger partial charge in [0.2, 0.25) is 11.8 Å². The minimum Gasteiger partial charge on any atom is -0.290 e. The highest BCUT2D eigenvalue weighted by molar-refractivity contribution is 9.41. The van der Waals surface area contributed by atoms with Gasteiger partial charge in [0.05, 0.1) is 0 Å². The Balaban J connectivity index is 3.16. The molecule has 0 bridgehead atoms. The van der Waals surface area contributed by atoms with E-state index < -0.39 is 0 Å². The van der Waals surface area contributed by atoms with Crippen molar-refractivity contribution in [3.63, 3.8) is 0 Å². The lowest BCUT2D eigenvalue weighted by atomic mass is 10.3. The molecule has 0 aliphatic carbocycles. The summed E-state index contributed by atoms with van der Waals surface area (Å²) in [5, 5.41) is 0. The molecule has 0 aromatic heterocycles. The quantitative estimate of drug-likeness (QED) is 0.313. The summed E-state index contributed by atoms with van der Waals surface area (Å²) in [7, 11) is 8.74. The fourth-order valence-corrected chi connectivity index (χ4v) is 10.3. The Morgan fingerprint density at radius 3 is 1.50 bits per heavy atom. The van der Waals surface area contributed by atoms with Crippen molar-refractivity contribution < 1.29 is 9.59 Å². The van der Waals surface area contributed by atoms with E-state index in [1.54, 1.807) is 19.7 Å². The maximum absolute atomic E-state index is 11.1. The molecule has 0 heterocycles. The number of hydrogen-bond acceptors (Lipinski definition) is 8. The van der Waals surface area contributed by atoms with E-state index in [4.69, 9.17) is 0 Å². The first-order valence-electron chi connectivity index (χ1n) is 5.27. The van der Waals surface area contributed by atoms with Crippen molar-refractivity contribution in [2.75, 3.05) is 0 Å². The molecule has 0 spiro atoms. The molecule has 0 atom stereocenters. The lowest BCUT2D eigenvalue weighted by Gasteiger charge is -2.02. The van der Waals surface area contributed by atoms with Crippen molar-refractivity contribution >= 4 is 73.1 Å². The molecule has 0 aromatic rings. The molecular weight excluding hydrogens is 349 g/mol. The first-order valence-corrected chi connectivity index (χ1v) is 12.8. The molecule has 4 nitrogen and oxygen atoms in total. The summed E-state index contributed by atoms with van der Waals surface area (Å²) in [6.07, 6.45) is 2.87. The van der Waals surface area contributed by atoms with E-state index in [1.165, 1.54) is 41.6 Å². The van der Waals surface area contributed by atoms with Gasteiger partial charge in [0.15, 0.2) is 0 Å². The Kier molecular flexibility index (Phi) is 15.3. The second-order valence-corrected chi connectivity index (χ2v) is 11.8. The van der Waals surface area contributed by atoms with Crippen molar-refractivity contribution in [1.82, 2.24) is 9.44 Å². The Bertz CT molecular complexity index is 220. The van der Waals surface area contributed by atoms with Gasteiger partial charge in [0, 0.05) is 74.1 Å². The molecule has 18 heavy (non-hydrogen) atoms. The van der Waals surface area contributed by atoms with Crippen LogP contribution in [0.15, 0.2) is 0 Å². The van der Waals surface area contributed by atoms with Crippen molar-refractivity contribution in [3.8, 4) is 0 Å². The van der Waals surface area contributed by atoms with Gasteiger partial charge in [0.25, 0.3) is 0 Å². The van der Waals surface area contributed by atoms with Gasteiger partial charge in [-0.2, -0.15) is 0 Å². The van der Waals surface area contributed by atoms with Crippen molar-refractivity contribution in [2.24, 2.45) is 0 Å². The number of hydrogen-bond donors (Lipinski definition) is 2. The third-order valence-corrected chi connectivity index (χ3v) is 11.0. The molecule has 0 aliphatic rings. The third-order valence-electron chi connectivity index (χ3n) is 1.42. The van der Waals surface area contributed by atoms with Gasteiger partial charge in [-0.05, 0) is 12.8 Å². The van der Waals surface area contributed by atoms with Crippen LogP contribution in [0.5, 0.6) is 0 Å². The minimum absolute atomic E-state index is 0.0643. The summed E-state index contributed by atoms with van der Waals surface area (Å²) < 4.78 is 5.46. The van der Waals surface area contributed by atoms with E-state index in [2.05, 4.69) is 9.44 Å². The van der Waals surface area contributed by atoms with Crippen LogP contribution in [0.1, 0.15) is 39.5 Å². The van der Waals surface area contributed by atoms with Gasteiger partial charge >= 0.3 is 0 Å². The van der Waals surface area contributed by atoms with Crippen LogP contribution in [0.4, 0.5) is 0 Å². The molecule has 0 unspecified atom stereocenters. The fourth-order valence-electron chi connectivity index (χ4n) is 0.734. The molecule has 0 aromatic carbocycles. The largest absolute Gasteiger partial charge is 0.290 e. The Morgan fingerprint density at radius 1 is 0.778 bits per heavy atom. The SMILES string of the molecule is CCCC(=O)NSSSSSSNC(=O)CCC. The molecule has 106 valence electrons. The maximum Gasteiger partial charge on any atom is 0.230 e. The van der Waals surface area contributed by atoms with Crippen molar-refractivity contribution in [3.05, 3.63) is 0 Å². The first-order chi connectivity index (χ1) is 8.70. The molecule has 2 N–H and O–H groups in total. The normalized spacial score (nSPS) is 10.1. The predicted octanol–water partition coefficient (Wildman–Crippen LogP) is 4.62. The van der Waals surface area contributed by atoms with Crippen LogP contribution in [0.3, 0.4) is 0 Å². The van der Waals surface area contributed by atoms with Crippen molar-refractivity contribution in [2.45, 2.75) is 39.5 Å². The number of carbonyl (C=O) groups excluding carboxylic acids is 2. The number of rotatable bonds is 11. The zero-order valence-electron chi connectivity index (χ0n) is 10.1. The van der Waals surface area contributed by atoms with Crippen LogP contribution >= 0.6 is 61.3 Å². The zero-order valence-corrected chi connectivity index (χ0v) is 15.0. The van der Waals surface area contributed by atoms with E-state index in [1.807, 2.05) is 13.8 Å². The van der Waals surface area contributed by atoms with Crippen LogP contribution < -0.4 is 9.44 Å². The monoisotopic (exact) mass is 364 g/mol. The predicted molar refractivity (Wildman–Crippen MR) is 91.6 cm³/mol. The van der Waals surface area contributed by atoms with Crippen LogP contribution in [-0.4, -0.2) is 11.8 Å². The van der Waals surface area contributed by atoms with E-state index in [0.29, 0.717) is 12.8 Å². The lowest BCUT2D eigenvalue weighted by Crippen LogP contribution is -2.13. The highest BCUT2D eigenvalue weighted by atomic mass is 33.9. The van der Waals surface area contributed by atoms with Gasteiger partial charge in [-0.15, -0.1) is 0 Å². The van der Waals surface area contributed by atoms with Gasteiger partial charge < -0.3 is 0 Å². The van der Waals surface area contributed by atoms with Gasteiger partial charge in [0.1, 0.15) is 0 Å². The number of nitrogens with one attached hydrogen (secondary N) is 2. The maximum atomic E-state index is 11.1. The number of carbonyl (C=O) groups is 2. The zero-order chi connectivity index (χ0) is 13.6. The Hall–Kier alpha value is 1.04. The second kappa shape index (κ2) is 14.4. The molecule has 0 saturated carbocycles. The van der Waals surface area contributed by atoms with Crippen LogP contribution in [-0.2, 0) is 9.59 Å². The van der Waals surface area contributed by atoms with Crippen molar-refractivity contribution in [1.29, 1.82) is 0 Å². The molecule has 2 amide bonds. The summed E-state index contributed by atoms with van der Waals surface area (Å²) >= 11 is 0. The van der Waals surface area contributed by atoms with E-state index in [0.717, 1.165) is 12.8 Å². The fraction of sp³-hybridized carbons (Fsp3) is 0.750. The van der Waals surface area contributed by atoms with Crippen LogP contribution in [0.2, 0.25) is 0 Å². The molecular formula is C8H16N2O2S6. The summed E-state index contributed by atoms with van der Waals surface area (Å²) in [5.41, 5.74) is 0. The van der Waals surface area contributed by atoms with Gasteiger partial charge in [-0.1, -0.05) is 13.8 Å². The molecule has 0 saturated heterocycles. The summed E-state index contributed by atoms with van der Waals surface area (Å²) in [4.78, 5) is 22.2. The molecule has 0 aliphatic heterocycles. The highest BCUT2D eigenvalue weighted by Crippen LogP contribution is 2.50. The summed E-state index contributed by atoms with van der Waals surface area (Å²) in [6.45, 7) is 3.95. The molecule has 0 radical (unpaired) electrons. The molecule has 0 fully saturated rings. The average molecular weight is 365 g/mol. The molecule has 0 rings (SSSR count). The van der Waals surface area contributed by atoms with E-state index >= 15 is 0 Å². The third kappa shape index (κ3) is 13.5. The average Bonchev–Trinajstić information content (AvgIpc) is 2.33. The van der Waals surface area contributed by atoms with E-state index in [9.17, 15) is 9.59 Å². The number of amides is 2. The Morgan fingerprint density at radius 2 is 1.17 bits per heavy atom. The van der Waals surface area contributed by atoms with E-state index in [-0.39, 0.29) is 11.8 Å². The topological polar surface area (TPSA) is 58.2 Å². The summed E-state index contributed by atoms with van der Waals surface area (Å²) in [5.74, 6) is 0.129. The standard InChI is InChI=1S/C8H16N2O2S6/c1-3-5-7(11)9-13-15-17-18-16-14-10-8(12)6-4-2/h3-6H2,1-2H3,(H,9,11)(H,10,12).